The van der Waals surface area contributed by atoms with Gasteiger partial charge in [-0.3, -0.25) is 15.5 Å². The lowest BCUT2D eigenvalue weighted by molar-refractivity contribution is -0.385. The Morgan fingerprint density at radius 3 is 2.56 bits per heavy atom. The van der Waals surface area contributed by atoms with E-state index in [0.717, 1.165) is 29.1 Å². The maximum Gasteiger partial charge on any atom is 0.287 e. The number of nitrogens with zero attached hydrogens (tertiary/aromatic N) is 4. The maximum atomic E-state index is 10.6. The molecule has 7 heteroatoms. The van der Waals surface area contributed by atoms with E-state index in [-0.39, 0.29) is 5.69 Å². The summed E-state index contributed by atoms with van der Waals surface area (Å²) in [6.45, 7) is 6.25. The lowest BCUT2D eigenvalue weighted by Crippen LogP contribution is -2.00. The lowest BCUT2D eigenvalue weighted by Gasteiger charge is -2.10. The molecule has 0 aliphatic heterocycles. The van der Waals surface area contributed by atoms with Gasteiger partial charge in [-0.2, -0.15) is 5.10 Å². The van der Waals surface area contributed by atoms with E-state index >= 15 is 0 Å². The number of hydrazone groups is 1. The zero-order chi connectivity index (χ0) is 19.4. The molecule has 0 saturated heterocycles. The molecule has 3 rings (SSSR count). The van der Waals surface area contributed by atoms with Crippen molar-refractivity contribution in [2.75, 3.05) is 5.43 Å². The van der Waals surface area contributed by atoms with Crippen LogP contribution in [0.5, 0.6) is 0 Å². The van der Waals surface area contributed by atoms with Gasteiger partial charge in [-0.1, -0.05) is 19.1 Å². The van der Waals surface area contributed by atoms with Crippen LogP contribution in [-0.4, -0.2) is 20.7 Å². The number of aromatic nitrogens is 2. The van der Waals surface area contributed by atoms with Gasteiger partial charge in [0.25, 0.3) is 5.69 Å². The number of anilines is 1. The van der Waals surface area contributed by atoms with Gasteiger partial charge in [0.2, 0.25) is 0 Å². The molecule has 0 radical (unpaired) electrons. The SMILES string of the molecule is CCc1ccc(-n2c(C)cc(/C=N/Nc3ccc([N+](=O)[O-])cn3)c2C)cc1. The third kappa shape index (κ3) is 4.03. The highest BCUT2D eigenvalue weighted by Crippen LogP contribution is 2.20. The average Bonchev–Trinajstić information content (AvgIpc) is 2.96. The van der Waals surface area contributed by atoms with Crippen molar-refractivity contribution in [3.63, 3.8) is 0 Å². The Kier molecular flexibility index (Phi) is 5.30. The van der Waals surface area contributed by atoms with E-state index in [1.807, 2.05) is 6.92 Å². The zero-order valence-electron chi connectivity index (χ0n) is 15.5. The highest BCUT2D eigenvalue weighted by molar-refractivity contribution is 5.82. The van der Waals surface area contributed by atoms with Gasteiger partial charge in [-0.15, -0.1) is 0 Å². The molecule has 138 valence electrons. The van der Waals surface area contributed by atoms with E-state index in [4.69, 9.17) is 0 Å². The van der Waals surface area contributed by atoms with Crippen LogP contribution in [0, 0.1) is 24.0 Å². The molecule has 1 aromatic carbocycles. The molecule has 0 fully saturated rings. The van der Waals surface area contributed by atoms with Gasteiger partial charge in [-0.05, 0) is 50.1 Å². The first-order valence-electron chi connectivity index (χ1n) is 8.67. The fraction of sp³-hybridized carbons (Fsp3) is 0.200. The number of hydrogen-bond acceptors (Lipinski definition) is 5. The minimum absolute atomic E-state index is 0.0535. The molecule has 0 spiro atoms. The van der Waals surface area contributed by atoms with Crippen LogP contribution in [0.25, 0.3) is 5.69 Å². The minimum atomic E-state index is -0.484. The van der Waals surface area contributed by atoms with Gasteiger partial charge in [0.05, 0.1) is 11.1 Å². The molecule has 3 aromatic rings. The van der Waals surface area contributed by atoms with Crippen LogP contribution in [0.4, 0.5) is 11.5 Å². The van der Waals surface area contributed by atoms with Gasteiger partial charge in [-0.25, -0.2) is 4.98 Å². The first-order chi connectivity index (χ1) is 13.0. The first kappa shape index (κ1) is 18.3. The Labute approximate surface area is 157 Å². The normalized spacial score (nSPS) is 11.1. The minimum Gasteiger partial charge on any atom is -0.318 e. The van der Waals surface area contributed by atoms with E-state index in [2.05, 4.69) is 64.3 Å². The molecule has 0 atom stereocenters. The van der Waals surface area contributed by atoms with E-state index in [9.17, 15) is 10.1 Å². The largest absolute Gasteiger partial charge is 0.318 e. The van der Waals surface area contributed by atoms with Crippen LogP contribution in [0.3, 0.4) is 0 Å². The Hall–Kier alpha value is -3.48. The second kappa shape index (κ2) is 7.82. The molecule has 2 heterocycles. The third-order valence-electron chi connectivity index (χ3n) is 4.41. The number of nitro groups is 1. The topological polar surface area (TPSA) is 85.3 Å². The predicted octanol–water partition coefficient (Wildman–Crippen LogP) is 4.41. The smallest absolute Gasteiger partial charge is 0.287 e. The molecule has 0 amide bonds. The van der Waals surface area contributed by atoms with Crippen molar-refractivity contribution < 1.29 is 4.92 Å². The molecule has 2 aromatic heterocycles. The Morgan fingerprint density at radius 2 is 1.96 bits per heavy atom. The first-order valence-corrected chi connectivity index (χ1v) is 8.67. The highest BCUT2D eigenvalue weighted by Gasteiger charge is 2.09. The molecule has 0 saturated carbocycles. The molecule has 0 bridgehead atoms. The quantitative estimate of drug-likeness (QED) is 0.399. The summed E-state index contributed by atoms with van der Waals surface area (Å²) < 4.78 is 2.19. The van der Waals surface area contributed by atoms with Gasteiger partial charge >= 0.3 is 0 Å². The fourth-order valence-electron chi connectivity index (χ4n) is 2.92. The van der Waals surface area contributed by atoms with Crippen LogP contribution in [0.2, 0.25) is 0 Å². The molecular weight excluding hydrogens is 342 g/mol. The van der Waals surface area contributed by atoms with Crippen LogP contribution >= 0.6 is 0 Å². The summed E-state index contributed by atoms with van der Waals surface area (Å²) in [4.78, 5) is 14.1. The Bertz CT molecular complexity index is 973. The standard InChI is InChI=1S/C20H21N5O2/c1-4-16-5-7-18(8-6-16)24-14(2)11-17(15(24)3)12-22-23-20-10-9-19(13-21-20)25(26)27/h5-13H,4H2,1-3H3,(H,21,23)/b22-12+. The van der Waals surface area contributed by atoms with E-state index < -0.39 is 4.92 Å². The summed E-state index contributed by atoms with van der Waals surface area (Å²) in [6, 6.07) is 13.5. The Morgan fingerprint density at radius 1 is 1.22 bits per heavy atom. The van der Waals surface area contributed by atoms with Gasteiger partial charge < -0.3 is 4.57 Å². The average molecular weight is 363 g/mol. The molecule has 1 N–H and O–H groups in total. The van der Waals surface area contributed by atoms with Gasteiger partial charge in [0, 0.05) is 28.7 Å². The number of aryl methyl sites for hydroxylation is 2. The second-order valence-electron chi connectivity index (χ2n) is 6.21. The van der Waals surface area contributed by atoms with Crippen molar-refractivity contribution in [3.05, 3.63) is 81.3 Å². The summed E-state index contributed by atoms with van der Waals surface area (Å²) >= 11 is 0. The van der Waals surface area contributed by atoms with Crippen molar-refractivity contribution in [2.24, 2.45) is 5.10 Å². The molecule has 0 aliphatic rings. The monoisotopic (exact) mass is 363 g/mol. The van der Waals surface area contributed by atoms with Crippen molar-refractivity contribution >= 4 is 17.7 Å². The third-order valence-corrected chi connectivity index (χ3v) is 4.41. The van der Waals surface area contributed by atoms with Gasteiger partial charge in [0.1, 0.15) is 12.0 Å². The number of nitrogens with one attached hydrogen (secondary N) is 1. The summed E-state index contributed by atoms with van der Waals surface area (Å²) in [7, 11) is 0. The van der Waals surface area contributed by atoms with Crippen LogP contribution in [0.15, 0.2) is 53.8 Å². The summed E-state index contributed by atoms with van der Waals surface area (Å²) in [5.74, 6) is 0.445. The summed E-state index contributed by atoms with van der Waals surface area (Å²) in [5.41, 5.74) is 8.36. The van der Waals surface area contributed by atoms with Crippen LogP contribution < -0.4 is 5.43 Å². The number of benzene rings is 1. The van der Waals surface area contributed by atoms with Crippen LogP contribution in [0.1, 0.15) is 29.4 Å². The van der Waals surface area contributed by atoms with Gasteiger partial charge in [0.15, 0.2) is 0 Å². The molecular formula is C20H21N5O2. The molecule has 0 aliphatic carbocycles. The highest BCUT2D eigenvalue weighted by atomic mass is 16.6. The second-order valence-corrected chi connectivity index (χ2v) is 6.21. The van der Waals surface area contributed by atoms with E-state index in [1.54, 1.807) is 6.21 Å². The number of rotatable bonds is 6. The van der Waals surface area contributed by atoms with Crippen molar-refractivity contribution in [3.8, 4) is 5.69 Å². The summed E-state index contributed by atoms with van der Waals surface area (Å²) in [6.07, 6.45) is 3.94. The molecule has 0 unspecified atom stereocenters. The predicted molar refractivity (Wildman–Crippen MR) is 107 cm³/mol. The molecule has 7 nitrogen and oxygen atoms in total. The van der Waals surface area contributed by atoms with E-state index in [1.165, 1.54) is 23.9 Å². The van der Waals surface area contributed by atoms with Crippen molar-refractivity contribution in [1.29, 1.82) is 0 Å². The number of pyridine rings is 1. The fourth-order valence-corrected chi connectivity index (χ4v) is 2.92. The zero-order valence-corrected chi connectivity index (χ0v) is 15.5. The molecule has 27 heavy (non-hydrogen) atoms. The lowest BCUT2D eigenvalue weighted by atomic mass is 10.1. The number of hydrogen-bond donors (Lipinski definition) is 1. The van der Waals surface area contributed by atoms with Crippen molar-refractivity contribution in [1.82, 2.24) is 9.55 Å². The maximum absolute atomic E-state index is 10.6. The van der Waals surface area contributed by atoms with E-state index in [0.29, 0.717) is 5.82 Å². The summed E-state index contributed by atoms with van der Waals surface area (Å²) in [5, 5.41) is 14.9. The van der Waals surface area contributed by atoms with Crippen LogP contribution in [-0.2, 0) is 6.42 Å². The Balaban J connectivity index is 1.77. The van der Waals surface area contributed by atoms with Crippen molar-refractivity contribution in [2.45, 2.75) is 27.2 Å².